The monoisotopic (exact) mass is 521 g/mol. The molecular weight excluding hydrogens is 490 g/mol. The van der Waals surface area contributed by atoms with Crippen molar-refractivity contribution in [3.05, 3.63) is 108 Å². The quantitative estimate of drug-likeness (QED) is 0.111. The van der Waals surface area contributed by atoms with E-state index in [0.717, 1.165) is 35.6 Å². The zero-order valence-electron chi connectivity index (χ0n) is 22.1. The van der Waals surface area contributed by atoms with Gasteiger partial charge in [0.15, 0.2) is 0 Å². The number of aliphatic hydroxyl groups excluding tert-OH is 1. The number of hydrogen-bond donors (Lipinski definition) is 1. The number of Topliss-reactive ketones (excluding diaryl/α,β-unsaturated/α-hetero) is 1. The average Bonchev–Trinajstić information content (AvgIpc) is 3.24. The molecule has 0 saturated carbocycles. The first-order chi connectivity index (χ1) is 19.0. The second-order valence-corrected chi connectivity index (χ2v) is 9.52. The molecule has 6 heteroatoms. The van der Waals surface area contributed by atoms with Crippen LogP contribution in [0.2, 0.25) is 0 Å². The zero-order valence-corrected chi connectivity index (χ0v) is 22.1. The second-order valence-electron chi connectivity index (χ2n) is 9.52. The Kier molecular flexibility index (Phi) is 7.64. The highest BCUT2D eigenvalue weighted by Gasteiger charge is 2.47. The van der Waals surface area contributed by atoms with Gasteiger partial charge >= 0.3 is 0 Å². The van der Waals surface area contributed by atoms with Crippen molar-refractivity contribution < 1.29 is 24.2 Å². The first kappa shape index (κ1) is 26.0. The van der Waals surface area contributed by atoms with Gasteiger partial charge in [-0.3, -0.25) is 14.5 Å². The van der Waals surface area contributed by atoms with Crippen LogP contribution in [0.15, 0.2) is 96.6 Å². The largest absolute Gasteiger partial charge is 0.507 e. The number of fused-ring (bicyclic) bond motifs is 1. The second kappa shape index (κ2) is 11.4. The third-order valence-corrected chi connectivity index (χ3v) is 7.04. The van der Waals surface area contributed by atoms with Crippen LogP contribution >= 0.6 is 0 Å². The summed E-state index contributed by atoms with van der Waals surface area (Å²) in [5.74, 6) is -0.438. The number of amides is 1. The fraction of sp³-hybridized carbons (Fsp3) is 0.212. The third-order valence-electron chi connectivity index (χ3n) is 7.04. The molecule has 198 valence electrons. The first-order valence-electron chi connectivity index (χ1n) is 13.2. The van der Waals surface area contributed by atoms with Crippen LogP contribution in [0.3, 0.4) is 0 Å². The molecule has 1 amide bonds. The summed E-state index contributed by atoms with van der Waals surface area (Å²) >= 11 is 0. The van der Waals surface area contributed by atoms with Gasteiger partial charge in [0, 0.05) is 17.3 Å². The van der Waals surface area contributed by atoms with Crippen LogP contribution in [0.4, 0.5) is 5.69 Å². The van der Waals surface area contributed by atoms with Gasteiger partial charge < -0.3 is 14.6 Å². The number of ether oxygens (including phenoxy) is 2. The molecule has 6 nitrogen and oxygen atoms in total. The minimum absolute atomic E-state index is 0.0378. The van der Waals surface area contributed by atoms with E-state index in [1.54, 1.807) is 55.6 Å². The van der Waals surface area contributed by atoms with Crippen LogP contribution in [0.1, 0.15) is 43.4 Å². The van der Waals surface area contributed by atoms with Gasteiger partial charge in [0.1, 0.15) is 17.3 Å². The summed E-state index contributed by atoms with van der Waals surface area (Å²) in [6.07, 6.45) is 3.18. The fourth-order valence-corrected chi connectivity index (χ4v) is 5.05. The van der Waals surface area contributed by atoms with Crippen LogP contribution in [-0.2, 0) is 9.59 Å². The number of methoxy groups -OCH3 is 1. The molecule has 1 atom stereocenters. The Hall–Kier alpha value is -4.58. The number of aliphatic hydroxyl groups is 1. The van der Waals surface area contributed by atoms with Gasteiger partial charge in [-0.05, 0) is 59.2 Å². The van der Waals surface area contributed by atoms with Crippen molar-refractivity contribution in [1.29, 1.82) is 0 Å². The van der Waals surface area contributed by atoms with Gasteiger partial charge in [-0.15, -0.1) is 0 Å². The molecule has 5 rings (SSSR count). The molecule has 1 saturated heterocycles. The Morgan fingerprint density at radius 2 is 1.62 bits per heavy atom. The van der Waals surface area contributed by atoms with E-state index in [2.05, 4.69) is 6.92 Å². The van der Waals surface area contributed by atoms with Crippen molar-refractivity contribution in [2.24, 2.45) is 0 Å². The number of carbonyl (C=O) groups excluding carboxylic acids is 2. The minimum Gasteiger partial charge on any atom is -0.507 e. The van der Waals surface area contributed by atoms with E-state index < -0.39 is 17.7 Å². The van der Waals surface area contributed by atoms with E-state index in [4.69, 9.17) is 9.47 Å². The molecule has 1 aliphatic rings. The molecule has 1 N–H and O–H groups in total. The predicted molar refractivity (Wildman–Crippen MR) is 153 cm³/mol. The van der Waals surface area contributed by atoms with Gasteiger partial charge in [0.05, 0.1) is 25.3 Å². The molecule has 1 fully saturated rings. The van der Waals surface area contributed by atoms with Crippen molar-refractivity contribution in [1.82, 2.24) is 0 Å². The summed E-state index contributed by atoms with van der Waals surface area (Å²) in [6.45, 7) is 2.76. The van der Waals surface area contributed by atoms with Crippen molar-refractivity contribution in [2.45, 2.75) is 32.2 Å². The van der Waals surface area contributed by atoms with Gasteiger partial charge in [0.25, 0.3) is 11.7 Å². The van der Waals surface area contributed by atoms with Crippen LogP contribution in [-0.4, -0.2) is 30.5 Å². The number of rotatable bonds is 9. The SMILES string of the molecule is CCCCCOc1ccc(/C(O)=C2/C(=O)C(=O)N(c3cccc(OC)c3)C2c2cccc3ccccc23)cc1. The summed E-state index contributed by atoms with van der Waals surface area (Å²) in [7, 11) is 1.55. The highest BCUT2D eigenvalue weighted by Crippen LogP contribution is 2.44. The Morgan fingerprint density at radius 3 is 2.38 bits per heavy atom. The molecular formula is C33H31NO5. The van der Waals surface area contributed by atoms with E-state index in [-0.39, 0.29) is 11.3 Å². The van der Waals surface area contributed by atoms with Crippen molar-refractivity contribution >= 4 is 33.9 Å². The lowest BCUT2D eigenvalue weighted by Crippen LogP contribution is -2.29. The summed E-state index contributed by atoms with van der Waals surface area (Å²) in [6, 6.07) is 26.7. The van der Waals surface area contributed by atoms with Gasteiger partial charge in [-0.25, -0.2) is 0 Å². The number of benzene rings is 4. The maximum Gasteiger partial charge on any atom is 0.300 e. The smallest absolute Gasteiger partial charge is 0.300 e. The average molecular weight is 522 g/mol. The lowest BCUT2D eigenvalue weighted by molar-refractivity contribution is -0.132. The lowest BCUT2D eigenvalue weighted by atomic mass is 9.91. The molecule has 4 aromatic rings. The molecule has 0 aliphatic carbocycles. The normalized spacial score (nSPS) is 16.6. The number of carbonyl (C=O) groups is 2. The maximum absolute atomic E-state index is 13.6. The summed E-state index contributed by atoms with van der Waals surface area (Å²) in [5, 5.41) is 13.4. The van der Waals surface area contributed by atoms with E-state index in [1.807, 2.05) is 42.5 Å². The third kappa shape index (κ3) is 5.10. The number of nitrogens with zero attached hydrogens (tertiary/aromatic N) is 1. The Bertz CT molecular complexity index is 1530. The predicted octanol–water partition coefficient (Wildman–Crippen LogP) is 7.04. The minimum atomic E-state index is -0.840. The number of hydrogen-bond acceptors (Lipinski definition) is 5. The molecule has 0 aromatic heterocycles. The van der Waals surface area contributed by atoms with Gasteiger partial charge in [-0.1, -0.05) is 68.3 Å². The van der Waals surface area contributed by atoms with Crippen LogP contribution in [0.5, 0.6) is 11.5 Å². The number of anilines is 1. The van der Waals surface area contributed by atoms with Crippen molar-refractivity contribution in [3.63, 3.8) is 0 Å². The summed E-state index contributed by atoms with van der Waals surface area (Å²) < 4.78 is 11.2. The molecule has 1 unspecified atom stereocenters. The van der Waals surface area contributed by atoms with E-state index in [0.29, 0.717) is 29.4 Å². The van der Waals surface area contributed by atoms with E-state index >= 15 is 0 Å². The molecule has 1 aliphatic heterocycles. The molecule has 0 radical (unpaired) electrons. The molecule has 1 heterocycles. The Morgan fingerprint density at radius 1 is 0.872 bits per heavy atom. The zero-order chi connectivity index (χ0) is 27.4. The van der Waals surface area contributed by atoms with Crippen LogP contribution in [0, 0.1) is 0 Å². The molecule has 0 bridgehead atoms. The maximum atomic E-state index is 13.6. The van der Waals surface area contributed by atoms with Crippen molar-refractivity contribution in [3.8, 4) is 11.5 Å². The van der Waals surface area contributed by atoms with Gasteiger partial charge in [0.2, 0.25) is 0 Å². The highest BCUT2D eigenvalue weighted by atomic mass is 16.5. The van der Waals surface area contributed by atoms with E-state index in [9.17, 15) is 14.7 Å². The molecule has 0 spiro atoms. The summed E-state index contributed by atoms with van der Waals surface area (Å²) in [5.41, 5.74) is 1.72. The first-order valence-corrected chi connectivity index (χ1v) is 13.2. The summed E-state index contributed by atoms with van der Waals surface area (Å²) in [4.78, 5) is 28.6. The van der Waals surface area contributed by atoms with Crippen LogP contribution in [0.25, 0.3) is 16.5 Å². The van der Waals surface area contributed by atoms with E-state index in [1.165, 1.54) is 4.90 Å². The van der Waals surface area contributed by atoms with Crippen molar-refractivity contribution in [2.75, 3.05) is 18.6 Å². The fourth-order valence-electron chi connectivity index (χ4n) is 5.05. The Labute approximate surface area is 228 Å². The Balaban J connectivity index is 1.63. The number of ketones is 1. The topological polar surface area (TPSA) is 76.1 Å². The molecule has 4 aromatic carbocycles. The highest BCUT2D eigenvalue weighted by molar-refractivity contribution is 6.52. The number of unbranched alkanes of at least 4 members (excludes halogenated alkanes) is 2. The standard InChI is InChI=1S/C33H31NO5/c1-3-4-7-20-39-25-18-16-23(17-19-25)31(35)29-30(28-15-8-11-22-10-5-6-14-27(22)28)34(33(37)32(29)36)24-12-9-13-26(21-24)38-2/h5-6,8-19,21,30,35H,3-4,7,20H2,1-2H3/b31-29-. The molecule has 39 heavy (non-hydrogen) atoms. The van der Waals surface area contributed by atoms with Gasteiger partial charge in [-0.2, -0.15) is 0 Å². The lowest BCUT2D eigenvalue weighted by Gasteiger charge is -2.26. The van der Waals surface area contributed by atoms with Crippen LogP contribution < -0.4 is 14.4 Å².